The number of allylic oxidation sites excluding steroid dienone is 1. The van der Waals surface area contributed by atoms with Crippen LogP contribution in [0.2, 0.25) is 0 Å². The minimum atomic E-state index is -0.537. The molecule has 0 radical (unpaired) electrons. The van der Waals surface area contributed by atoms with E-state index in [1.807, 2.05) is 32.9 Å². The van der Waals surface area contributed by atoms with Crippen molar-refractivity contribution in [1.82, 2.24) is 5.48 Å². The molecule has 0 saturated carbocycles. The van der Waals surface area contributed by atoms with Gasteiger partial charge >= 0.3 is 11.9 Å². The van der Waals surface area contributed by atoms with Gasteiger partial charge in [0, 0.05) is 12.6 Å². The molecule has 120 valence electrons. The number of hydroxylamine groups is 1. The highest BCUT2D eigenvalue weighted by molar-refractivity contribution is 5.91. The third-order valence-electron chi connectivity index (χ3n) is 2.61. The number of benzene rings is 1. The van der Waals surface area contributed by atoms with E-state index in [4.69, 9.17) is 9.57 Å². The first-order valence-electron chi connectivity index (χ1n) is 7.21. The number of rotatable bonds is 6. The van der Waals surface area contributed by atoms with Gasteiger partial charge in [0.15, 0.2) is 0 Å². The van der Waals surface area contributed by atoms with Gasteiger partial charge in [-0.25, -0.2) is 9.59 Å². The molecule has 0 aliphatic heterocycles. The smallest absolute Gasteiger partial charge is 0.349 e. The lowest BCUT2D eigenvalue weighted by Crippen LogP contribution is -2.25. The van der Waals surface area contributed by atoms with Gasteiger partial charge in [0.1, 0.15) is 5.60 Å². The zero-order valence-electron chi connectivity index (χ0n) is 13.5. The van der Waals surface area contributed by atoms with Crippen molar-refractivity contribution in [2.75, 3.05) is 6.54 Å². The molecule has 0 heterocycles. The Morgan fingerprint density at radius 1 is 1.23 bits per heavy atom. The molecule has 0 amide bonds. The number of esters is 1. The Kier molecular flexibility index (Phi) is 6.79. The molecule has 0 aliphatic carbocycles. The third-order valence-corrected chi connectivity index (χ3v) is 2.61. The SMILES string of the molecule is C/C=C/C(=O)ONCCc1ccccc1C(=O)OC(C)(C)C. The fourth-order valence-corrected chi connectivity index (χ4v) is 1.75. The monoisotopic (exact) mass is 305 g/mol. The molecule has 0 fully saturated rings. The maximum Gasteiger partial charge on any atom is 0.349 e. The molecule has 0 unspecified atom stereocenters. The van der Waals surface area contributed by atoms with Crippen molar-refractivity contribution >= 4 is 11.9 Å². The van der Waals surface area contributed by atoms with Crippen LogP contribution in [-0.2, 0) is 20.8 Å². The second-order valence-electron chi connectivity index (χ2n) is 5.72. The highest BCUT2D eigenvalue weighted by Gasteiger charge is 2.19. The molecule has 0 atom stereocenters. The molecule has 0 saturated heterocycles. The van der Waals surface area contributed by atoms with E-state index in [0.717, 1.165) is 5.56 Å². The van der Waals surface area contributed by atoms with Crippen LogP contribution in [0.15, 0.2) is 36.4 Å². The zero-order chi connectivity index (χ0) is 16.6. The molecular formula is C17H23NO4. The van der Waals surface area contributed by atoms with Crippen LogP contribution in [-0.4, -0.2) is 24.1 Å². The van der Waals surface area contributed by atoms with E-state index >= 15 is 0 Å². The first-order chi connectivity index (χ1) is 10.3. The predicted molar refractivity (Wildman–Crippen MR) is 84.2 cm³/mol. The van der Waals surface area contributed by atoms with E-state index in [-0.39, 0.29) is 5.97 Å². The van der Waals surface area contributed by atoms with Crippen LogP contribution >= 0.6 is 0 Å². The van der Waals surface area contributed by atoms with E-state index in [9.17, 15) is 9.59 Å². The van der Waals surface area contributed by atoms with Gasteiger partial charge in [0.25, 0.3) is 0 Å². The molecule has 1 N–H and O–H groups in total. The highest BCUT2D eigenvalue weighted by Crippen LogP contribution is 2.15. The Labute approximate surface area is 131 Å². The molecule has 0 bridgehead atoms. The van der Waals surface area contributed by atoms with Crippen molar-refractivity contribution in [3.63, 3.8) is 0 Å². The Bertz CT molecular complexity index is 544. The maximum absolute atomic E-state index is 12.2. The number of hydrogen-bond donors (Lipinski definition) is 1. The molecule has 22 heavy (non-hydrogen) atoms. The Morgan fingerprint density at radius 3 is 2.55 bits per heavy atom. The Hall–Kier alpha value is -2.14. The van der Waals surface area contributed by atoms with Crippen LogP contribution in [0.4, 0.5) is 0 Å². The average molecular weight is 305 g/mol. The first-order valence-corrected chi connectivity index (χ1v) is 7.21. The van der Waals surface area contributed by atoms with Crippen molar-refractivity contribution in [1.29, 1.82) is 0 Å². The highest BCUT2D eigenvalue weighted by atomic mass is 16.7. The summed E-state index contributed by atoms with van der Waals surface area (Å²) in [6.07, 6.45) is 3.46. The van der Waals surface area contributed by atoms with Gasteiger partial charge in [-0.15, -0.1) is 0 Å². The third kappa shape index (κ3) is 6.54. The van der Waals surface area contributed by atoms with Gasteiger partial charge in [-0.3, -0.25) is 0 Å². The summed E-state index contributed by atoms with van der Waals surface area (Å²) in [5.74, 6) is -0.808. The van der Waals surface area contributed by atoms with Crippen molar-refractivity contribution < 1.29 is 19.2 Å². The molecule has 5 nitrogen and oxygen atoms in total. The summed E-state index contributed by atoms with van der Waals surface area (Å²) < 4.78 is 5.39. The van der Waals surface area contributed by atoms with Crippen LogP contribution in [0, 0.1) is 0 Å². The average Bonchev–Trinajstić information content (AvgIpc) is 2.42. The van der Waals surface area contributed by atoms with Gasteiger partial charge in [0.2, 0.25) is 0 Å². The largest absolute Gasteiger partial charge is 0.456 e. The number of nitrogens with one attached hydrogen (secondary N) is 1. The quantitative estimate of drug-likeness (QED) is 0.379. The van der Waals surface area contributed by atoms with Crippen LogP contribution < -0.4 is 5.48 Å². The van der Waals surface area contributed by atoms with Gasteiger partial charge in [0.05, 0.1) is 5.56 Å². The molecule has 0 spiro atoms. The van der Waals surface area contributed by atoms with Crippen LogP contribution in [0.5, 0.6) is 0 Å². The molecule has 0 aliphatic rings. The van der Waals surface area contributed by atoms with Crippen molar-refractivity contribution in [3.05, 3.63) is 47.5 Å². The Balaban J connectivity index is 2.61. The van der Waals surface area contributed by atoms with Crippen LogP contribution in [0.3, 0.4) is 0 Å². The predicted octanol–water partition coefficient (Wildman–Crippen LogP) is 2.81. The first kappa shape index (κ1) is 17.9. The standard InChI is InChI=1S/C17H23NO4/c1-5-8-15(19)22-18-12-11-13-9-6-7-10-14(13)16(20)21-17(2,3)4/h5-10,18H,11-12H2,1-4H3/b8-5+. The number of carbonyl (C=O) groups excluding carboxylic acids is 2. The lowest BCUT2D eigenvalue weighted by Gasteiger charge is -2.20. The molecule has 1 aromatic rings. The summed E-state index contributed by atoms with van der Waals surface area (Å²) >= 11 is 0. The van der Waals surface area contributed by atoms with E-state index in [1.54, 1.807) is 25.1 Å². The minimum Gasteiger partial charge on any atom is -0.456 e. The summed E-state index contributed by atoms with van der Waals surface area (Å²) in [6, 6.07) is 7.24. The topological polar surface area (TPSA) is 64.6 Å². The maximum atomic E-state index is 12.2. The molecular weight excluding hydrogens is 282 g/mol. The lowest BCUT2D eigenvalue weighted by molar-refractivity contribution is -0.144. The van der Waals surface area contributed by atoms with Gasteiger partial charge in [-0.1, -0.05) is 24.3 Å². The van der Waals surface area contributed by atoms with Gasteiger partial charge < -0.3 is 9.57 Å². The Morgan fingerprint density at radius 2 is 1.91 bits per heavy atom. The minimum absolute atomic E-state index is 0.353. The van der Waals surface area contributed by atoms with E-state index < -0.39 is 11.6 Å². The van der Waals surface area contributed by atoms with Gasteiger partial charge in [-0.05, 0) is 45.7 Å². The van der Waals surface area contributed by atoms with Crippen molar-refractivity contribution in [3.8, 4) is 0 Å². The summed E-state index contributed by atoms with van der Waals surface area (Å²) in [7, 11) is 0. The fraction of sp³-hybridized carbons (Fsp3) is 0.412. The number of carbonyl (C=O) groups is 2. The summed E-state index contributed by atoms with van der Waals surface area (Å²) in [6.45, 7) is 7.63. The second kappa shape index (κ2) is 8.34. The van der Waals surface area contributed by atoms with E-state index in [1.165, 1.54) is 6.08 Å². The molecule has 5 heteroatoms. The van der Waals surface area contributed by atoms with Crippen LogP contribution in [0.1, 0.15) is 43.6 Å². The summed E-state index contributed by atoms with van der Waals surface area (Å²) in [4.78, 5) is 28.1. The number of hydrogen-bond acceptors (Lipinski definition) is 5. The van der Waals surface area contributed by atoms with Gasteiger partial charge in [-0.2, -0.15) is 5.48 Å². The summed E-state index contributed by atoms with van der Waals surface area (Å²) in [5, 5.41) is 0. The normalized spacial score (nSPS) is 11.5. The summed E-state index contributed by atoms with van der Waals surface area (Å²) in [5.41, 5.74) is 3.41. The van der Waals surface area contributed by atoms with E-state index in [0.29, 0.717) is 18.5 Å². The van der Waals surface area contributed by atoms with Crippen LogP contribution in [0.25, 0.3) is 0 Å². The molecule has 0 aromatic heterocycles. The van der Waals surface area contributed by atoms with Crippen molar-refractivity contribution in [2.24, 2.45) is 0 Å². The lowest BCUT2D eigenvalue weighted by atomic mass is 10.0. The second-order valence-corrected chi connectivity index (χ2v) is 5.72. The van der Waals surface area contributed by atoms with E-state index in [2.05, 4.69) is 5.48 Å². The van der Waals surface area contributed by atoms with Crippen molar-refractivity contribution in [2.45, 2.75) is 39.7 Å². The molecule has 1 rings (SSSR count). The zero-order valence-corrected chi connectivity index (χ0v) is 13.5. The number of ether oxygens (including phenoxy) is 1. The fourth-order valence-electron chi connectivity index (χ4n) is 1.75. The molecule has 1 aromatic carbocycles.